The highest BCUT2D eigenvalue weighted by Crippen LogP contribution is 2.51. The van der Waals surface area contributed by atoms with E-state index in [1.807, 2.05) is 0 Å². The third kappa shape index (κ3) is 8.60. The van der Waals surface area contributed by atoms with Crippen molar-refractivity contribution >= 4 is 39.8 Å². The lowest BCUT2D eigenvalue weighted by molar-refractivity contribution is -0.0797. The molecule has 0 bridgehead atoms. The summed E-state index contributed by atoms with van der Waals surface area (Å²) in [6.45, 7) is 4.82. The molecule has 0 radical (unpaired) electrons. The summed E-state index contributed by atoms with van der Waals surface area (Å²) >= 11 is 1.18. The summed E-state index contributed by atoms with van der Waals surface area (Å²) in [7, 11) is -6.68. The molecule has 4 rings (SSSR count). The van der Waals surface area contributed by atoms with E-state index in [0.717, 1.165) is 6.26 Å². The van der Waals surface area contributed by atoms with Crippen LogP contribution in [-0.2, 0) is 34.3 Å². The first-order valence-electron chi connectivity index (χ1n) is 12.1. The smallest absolute Gasteiger partial charge is 0.336 e. The number of nitrogens with one attached hydrogen (secondary N) is 1. The van der Waals surface area contributed by atoms with Crippen LogP contribution in [0.15, 0.2) is 52.7 Å². The third-order valence-corrected chi connectivity index (χ3v) is 9.27. The van der Waals surface area contributed by atoms with Gasteiger partial charge in [0.25, 0.3) is 5.91 Å². The monoisotopic (exact) mass is 612 g/mol. The van der Waals surface area contributed by atoms with E-state index >= 15 is 0 Å². The predicted molar refractivity (Wildman–Crippen MR) is 153 cm³/mol. The van der Waals surface area contributed by atoms with Gasteiger partial charge >= 0.3 is 7.60 Å². The highest BCUT2D eigenvalue weighted by atomic mass is 32.2. The Kier molecular flexibility index (Phi) is 10.9. The van der Waals surface area contributed by atoms with Crippen LogP contribution in [0.4, 0.5) is 5.13 Å². The van der Waals surface area contributed by atoms with Gasteiger partial charge in [0, 0.05) is 23.3 Å². The molecule has 0 unspecified atom stereocenters. The van der Waals surface area contributed by atoms with Crippen molar-refractivity contribution in [1.29, 1.82) is 0 Å². The first-order valence-corrected chi connectivity index (χ1v) is 16.6. The normalized spacial score (nSPS) is 13.7. The minimum Gasteiger partial charge on any atom is -0.485 e. The number of nitrogens with zero attached hydrogens (tertiary/aromatic N) is 1. The van der Waals surface area contributed by atoms with Crippen molar-refractivity contribution in [3.63, 3.8) is 0 Å². The van der Waals surface area contributed by atoms with Crippen molar-refractivity contribution < 1.29 is 41.0 Å². The van der Waals surface area contributed by atoms with Gasteiger partial charge in [-0.25, -0.2) is 13.4 Å². The van der Waals surface area contributed by atoms with Crippen molar-refractivity contribution in [1.82, 2.24) is 4.98 Å². The number of carbonyl (C=O) groups excluding carboxylic acids is 1. The van der Waals surface area contributed by atoms with E-state index in [-0.39, 0.29) is 43.4 Å². The van der Waals surface area contributed by atoms with Gasteiger partial charge < -0.3 is 23.3 Å². The number of thiazole rings is 1. The number of aromatic nitrogens is 1. The molecular weight excluding hydrogens is 579 g/mol. The highest BCUT2D eigenvalue weighted by Gasteiger charge is 2.26. The number of ether oxygens (including phenoxy) is 3. The number of hydrogen-bond donors (Lipinski definition) is 1. The highest BCUT2D eigenvalue weighted by molar-refractivity contribution is 7.90. The van der Waals surface area contributed by atoms with Crippen LogP contribution in [0, 0.1) is 0 Å². The lowest BCUT2D eigenvalue weighted by atomic mass is 10.2. The molecule has 0 aliphatic carbocycles. The number of hydrogen-bond acceptors (Lipinski definition) is 11. The minimum atomic E-state index is -3.35. The Hall–Kier alpha value is -2.80. The molecule has 1 saturated heterocycles. The SMILES string of the molecule is C.CCOP(=O)(Cc1csc(NC(=O)c2cc(Oc3ccc(S(C)(=O)=O)cc3)cc(OC3COC3)c2)n1)OCC. The van der Waals surface area contributed by atoms with Crippen LogP contribution in [0.2, 0.25) is 0 Å². The number of rotatable bonds is 13. The van der Waals surface area contributed by atoms with Crippen LogP contribution in [-0.4, -0.2) is 58.1 Å². The molecule has 14 heteroatoms. The maximum atomic E-state index is 13.1. The van der Waals surface area contributed by atoms with E-state index in [1.165, 1.54) is 41.7 Å². The van der Waals surface area contributed by atoms with Crippen molar-refractivity contribution in [3.8, 4) is 17.2 Å². The van der Waals surface area contributed by atoms with Gasteiger partial charge in [0.1, 0.15) is 23.4 Å². The standard InChI is InChI=1S/C25H29N2O9PS2.CH4/c1-4-33-37(29,34-5-2)15-18-16-38-25(26-18)27-24(28)17-10-20(12-21(11-17)36-22-13-32-14-22)35-19-6-8-23(9-7-19)39(3,30)31;/h6-12,16,22H,4-5,13-15H2,1-3H3,(H,26,27,28);1H4. The van der Waals surface area contributed by atoms with E-state index in [2.05, 4.69) is 10.3 Å². The molecule has 1 aliphatic rings. The Balaban J connectivity index is 0.00000441. The molecule has 2 aromatic carbocycles. The Morgan fingerprint density at radius 2 is 1.73 bits per heavy atom. The van der Waals surface area contributed by atoms with E-state index in [0.29, 0.717) is 41.3 Å². The maximum absolute atomic E-state index is 13.1. The topological polar surface area (TPSA) is 139 Å². The van der Waals surface area contributed by atoms with Gasteiger partial charge in [-0.3, -0.25) is 14.7 Å². The quantitative estimate of drug-likeness (QED) is 0.237. The van der Waals surface area contributed by atoms with Gasteiger partial charge in [0.2, 0.25) is 0 Å². The van der Waals surface area contributed by atoms with E-state index in [9.17, 15) is 17.8 Å². The Morgan fingerprint density at radius 3 is 2.30 bits per heavy atom. The van der Waals surface area contributed by atoms with Crippen molar-refractivity contribution in [2.45, 2.75) is 38.4 Å². The van der Waals surface area contributed by atoms with Gasteiger partial charge in [-0.15, -0.1) is 11.3 Å². The summed E-state index contributed by atoms with van der Waals surface area (Å²) in [5, 5.41) is 4.74. The van der Waals surface area contributed by atoms with E-state index in [1.54, 1.807) is 31.4 Å². The summed E-state index contributed by atoms with van der Waals surface area (Å²) in [5.41, 5.74) is 0.728. The molecule has 11 nitrogen and oxygen atoms in total. The molecular formula is C26H33N2O9PS2. The van der Waals surface area contributed by atoms with Crippen LogP contribution >= 0.6 is 18.9 Å². The molecule has 2 heterocycles. The molecule has 218 valence electrons. The summed E-state index contributed by atoms with van der Waals surface area (Å²) in [5.74, 6) is 0.656. The first kappa shape index (κ1) is 31.7. The average Bonchev–Trinajstić information content (AvgIpc) is 3.27. The van der Waals surface area contributed by atoms with Gasteiger partial charge in [0.15, 0.2) is 15.0 Å². The molecule has 40 heavy (non-hydrogen) atoms. The van der Waals surface area contributed by atoms with Crippen molar-refractivity contribution in [2.24, 2.45) is 0 Å². The summed E-state index contributed by atoms with van der Waals surface area (Å²) in [4.78, 5) is 17.7. The van der Waals surface area contributed by atoms with Crippen LogP contribution in [0.25, 0.3) is 0 Å². The fourth-order valence-electron chi connectivity index (χ4n) is 3.52. The molecule has 1 N–H and O–H groups in total. The van der Waals surface area contributed by atoms with Gasteiger partial charge in [-0.05, 0) is 50.2 Å². The summed E-state index contributed by atoms with van der Waals surface area (Å²) < 4.78 is 63.9. The zero-order valence-corrected chi connectivity index (χ0v) is 24.1. The largest absolute Gasteiger partial charge is 0.485 e. The molecule has 3 aromatic rings. The van der Waals surface area contributed by atoms with Crippen molar-refractivity contribution in [3.05, 3.63) is 59.1 Å². The summed E-state index contributed by atoms with van der Waals surface area (Å²) in [6, 6.07) is 10.7. The number of anilines is 1. The lowest BCUT2D eigenvalue weighted by Gasteiger charge is -2.27. The zero-order valence-electron chi connectivity index (χ0n) is 21.6. The molecule has 0 spiro atoms. The molecule has 1 amide bonds. The second-order valence-electron chi connectivity index (χ2n) is 8.52. The molecule has 1 fully saturated rings. The number of carbonyl (C=O) groups is 1. The van der Waals surface area contributed by atoms with Crippen LogP contribution < -0.4 is 14.8 Å². The Labute approximate surface area is 238 Å². The fraction of sp³-hybridized carbons (Fsp3) is 0.385. The van der Waals surface area contributed by atoms with Gasteiger partial charge in [0.05, 0.1) is 43.2 Å². The first-order chi connectivity index (χ1) is 18.6. The number of benzene rings is 2. The minimum absolute atomic E-state index is 0. The van der Waals surface area contributed by atoms with Gasteiger partial charge in [-0.1, -0.05) is 7.43 Å². The Bertz CT molecular complexity index is 1450. The van der Waals surface area contributed by atoms with E-state index < -0.39 is 23.3 Å². The fourth-order valence-corrected chi connectivity index (χ4v) is 6.58. The predicted octanol–water partition coefficient (Wildman–Crippen LogP) is 5.77. The molecule has 0 atom stereocenters. The van der Waals surface area contributed by atoms with E-state index in [4.69, 9.17) is 23.3 Å². The second kappa shape index (κ2) is 13.7. The molecule has 1 aliphatic heterocycles. The van der Waals surface area contributed by atoms with Crippen LogP contribution in [0.5, 0.6) is 17.2 Å². The second-order valence-corrected chi connectivity index (χ2v) is 13.4. The van der Waals surface area contributed by atoms with Gasteiger partial charge in [-0.2, -0.15) is 0 Å². The average molecular weight is 613 g/mol. The number of sulfone groups is 1. The molecule has 1 aromatic heterocycles. The zero-order chi connectivity index (χ0) is 28.0. The maximum Gasteiger partial charge on any atom is 0.336 e. The van der Waals surface area contributed by atoms with Crippen molar-refractivity contribution in [2.75, 3.05) is 38.0 Å². The number of amides is 1. The third-order valence-electron chi connectivity index (χ3n) is 5.32. The lowest BCUT2D eigenvalue weighted by Crippen LogP contribution is -2.38. The Morgan fingerprint density at radius 1 is 1.07 bits per heavy atom. The van der Waals surface area contributed by atoms with Crippen LogP contribution in [0.3, 0.4) is 0 Å². The summed E-state index contributed by atoms with van der Waals surface area (Å²) in [6.07, 6.45) is 0.975. The molecule has 0 saturated carbocycles. The van der Waals surface area contributed by atoms with Crippen LogP contribution in [0.1, 0.15) is 37.3 Å².